The topological polar surface area (TPSA) is 0 Å². The van der Waals surface area contributed by atoms with Crippen LogP contribution in [0.25, 0.3) is 0 Å². The molecule has 0 aliphatic heterocycles. The summed E-state index contributed by atoms with van der Waals surface area (Å²) in [6.45, 7) is 2.29. The van der Waals surface area contributed by atoms with E-state index < -0.39 is 0 Å². The van der Waals surface area contributed by atoms with Gasteiger partial charge >= 0.3 is 0 Å². The van der Waals surface area contributed by atoms with Crippen LogP contribution in [0.3, 0.4) is 0 Å². The Kier molecular flexibility index (Phi) is 19.3. The molecule has 0 bridgehead atoms. The van der Waals surface area contributed by atoms with E-state index in [0.29, 0.717) is 0 Å². The van der Waals surface area contributed by atoms with E-state index in [9.17, 15) is 0 Å². The van der Waals surface area contributed by atoms with E-state index in [2.05, 4.69) is 24.7 Å². The molecule has 0 spiro atoms. The first-order valence-electron chi connectivity index (χ1n) is 9.81. The van der Waals surface area contributed by atoms with E-state index in [1.807, 2.05) is 0 Å². The maximum atomic E-state index is 6.68. The molecule has 0 fully saturated rings. The maximum absolute atomic E-state index is 6.68. The highest BCUT2D eigenvalue weighted by atomic mass is 14.0. The van der Waals surface area contributed by atoms with Crippen molar-refractivity contribution in [3.8, 4) is 17.8 Å². The fraction of sp³-hybridized carbons (Fsp3) is 0.818. The molecule has 0 nitrogen and oxygen atoms in total. The maximum Gasteiger partial charge on any atom is 0.00989 e. The molecule has 1 radical (unpaired) electrons. The first-order chi connectivity index (χ1) is 10.9. The first-order valence-corrected chi connectivity index (χ1v) is 9.81. The predicted octanol–water partition coefficient (Wildman–Crippen LogP) is 7.23. The van der Waals surface area contributed by atoms with Gasteiger partial charge in [-0.1, -0.05) is 109 Å². The van der Waals surface area contributed by atoms with Gasteiger partial charge in [-0.25, -0.2) is 0 Å². The second-order valence-corrected chi connectivity index (χ2v) is 6.48. The summed E-state index contributed by atoms with van der Waals surface area (Å²) in [5.74, 6) is 7.61. The summed E-state index contributed by atoms with van der Waals surface area (Å²) in [6.07, 6.45) is 30.1. The van der Waals surface area contributed by atoms with Gasteiger partial charge < -0.3 is 0 Å². The van der Waals surface area contributed by atoms with Crippen molar-refractivity contribution in [3.05, 3.63) is 6.42 Å². The number of hydrogen-bond donors (Lipinski definition) is 0. The number of rotatable bonds is 16. The third kappa shape index (κ3) is 19.1. The van der Waals surface area contributed by atoms with E-state index >= 15 is 0 Å². The highest BCUT2D eigenvalue weighted by Crippen LogP contribution is 2.13. The molecular weight excluding hydrogens is 264 g/mol. The first kappa shape index (κ1) is 21.1. The second kappa shape index (κ2) is 20.1. The van der Waals surface area contributed by atoms with Gasteiger partial charge in [0.2, 0.25) is 0 Å². The zero-order valence-electron chi connectivity index (χ0n) is 15.0. The normalized spacial score (nSPS) is 10.0. The van der Waals surface area contributed by atoms with Gasteiger partial charge in [-0.2, -0.15) is 0 Å². The van der Waals surface area contributed by atoms with Crippen molar-refractivity contribution in [1.82, 2.24) is 0 Å². The minimum absolute atomic E-state index is 0.935. The average Bonchev–Trinajstić information content (AvgIpc) is 2.54. The Morgan fingerprint density at radius 2 is 0.909 bits per heavy atom. The lowest BCUT2D eigenvalue weighted by Gasteiger charge is -2.03. The number of hydrogen-bond acceptors (Lipinski definition) is 0. The molecule has 0 aromatic rings. The summed E-state index contributed by atoms with van der Waals surface area (Å²) in [7, 11) is 0. The summed E-state index contributed by atoms with van der Waals surface area (Å²) in [4.78, 5) is 0. The van der Waals surface area contributed by atoms with E-state index in [1.54, 1.807) is 0 Å². The lowest BCUT2D eigenvalue weighted by molar-refractivity contribution is 0.530. The Labute approximate surface area is 140 Å². The molecule has 22 heavy (non-hydrogen) atoms. The molecule has 0 saturated heterocycles. The van der Waals surface area contributed by atoms with Crippen LogP contribution in [-0.4, -0.2) is 0 Å². The van der Waals surface area contributed by atoms with Gasteiger partial charge in [-0.15, -0.1) is 0 Å². The smallest absolute Gasteiger partial charge is 0.00989 e. The van der Waals surface area contributed by atoms with Crippen molar-refractivity contribution in [2.24, 2.45) is 0 Å². The summed E-state index contributed by atoms with van der Waals surface area (Å²) in [5.41, 5.74) is 0. The highest BCUT2D eigenvalue weighted by molar-refractivity contribution is 5.18. The molecular formula is C22H37. The van der Waals surface area contributed by atoms with Gasteiger partial charge in [-0.3, -0.25) is 0 Å². The monoisotopic (exact) mass is 301 g/mol. The van der Waals surface area contributed by atoms with E-state index in [1.165, 1.54) is 103 Å². The summed E-state index contributed by atoms with van der Waals surface area (Å²) in [5, 5.41) is 0. The van der Waals surface area contributed by atoms with Gasteiger partial charge in [0.15, 0.2) is 0 Å². The molecule has 125 valence electrons. The van der Waals surface area contributed by atoms with E-state index in [-0.39, 0.29) is 0 Å². The summed E-state index contributed by atoms with van der Waals surface area (Å²) < 4.78 is 0. The van der Waals surface area contributed by atoms with Crippen molar-refractivity contribution in [1.29, 1.82) is 0 Å². The zero-order chi connectivity index (χ0) is 16.1. The Morgan fingerprint density at radius 1 is 0.545 bits per heavy atom. The van der Waals surface area contributed by atoms with Crippen molar-refractivity contribution < 1.29 is 0 Å². The van der Waals surface area contributed by atoms with Crippen LogP contribution in [0, 0.1) is 24.2 Å². The summed E-state index contributed by atoms with van der Waals surface area (Å²) >= 11 is 0. The molecule has 0 N–H and O–H groups in total. The van der Waals surface area contributed by atoms with Crippen LogP contribution in [0.2, 0.25) is 0 Å². The molecule has 0 heteroatoms. The van der Waals surface area contributed by atoms with Crippen molar-refractivity contribution in [2.75, 3.05) is 0 Å². The lowest BCUT2D eigenvalue weighted by Crippen LogP contribution is -1.83. The Bertz CT molecular complexity index is 296. The lowest BCUT2D eigenvalue weighted by atomic mass is 10.0. The minimum Gasteiger partial charge on any atom is -0.0891 e. The molecule has 0 rings (SSSR count). The Hall–Kier alpha value is -0.880. The molecule has 0 aliphatic carbocycles. The van der Waals surface area contributed by atoms with Crippen LogP contribution in [0.5, 0.6) is 0 Å². The standard InChI is InChI=1S/C22H37/c1-3-5-7-9-11-13-15-17-19-21-22-20-18-16-14-12-10-8-6-4-2/h3,5,7,9-22H2,1H3. The SMILES string of the molecule is [C]#CC#CCCCCCCCCCCCCCCCCCC. The molecule has 0 amide bonds. The van der Waals surface area contributed by atoms with Crippen molar-refractivity contribution in [2.45, 2.75) is 116 Å². The Morgan fingerprint density at radius 3 is 1.27 bits per heavy atom. The quantitative estimate of drug-likeness (QED) is 0.208. The largest absolute Gasteiger partial charge is 0.0891 e. The third-order valence-electron chi connectivity index (χ3n) is 4.31. The van der Waals surface area contributed by atoms with Crippen LogP contribution in [0.15, 0.2) is 0 Å². The summed E-state index contributed by atoms with van der Waals surface area (Å²) in [6, 6.07) is 0. The molecule has 0 heterocycles. The Balaban J connectivity index is 2.98. The zero-order valence-corrected chi connectivity index (χ0v) is 15.0. The van der Waals surface area contributed by atoms with Gasteiger partial charge in [-0.05, 0) is 24.7 Å². The van der Waals surface area contributed by atoms with Crippen LogP contribution >= 0.6 is 0 Å². The van der Waals surface area contributed by atoms with Crippen LogP contribution < -0.4 is 0 Å². The minimum atomic E-state index is 0.935. The predicted molar refractivity (Wildman–Crippen MR) is 99.1 cm³/mol. The fourth-order valence-electron chi connectivity index (χ4n) is 2.87. The van der Waals surface area contributed by atoms with E-state index in [0.717, 1.165) is 6.42 Å². The van der Waals surface area contributed by atoms with Crippen LogP contribution in [-0.2, 0) is 0 Å². The molecule has 0 aliphatic rings. The fourth-order valence-corrected chi connectivity index (χ4v) is 2.87. The average molecular weight is 302 g/mol. The molecule has 0 atom stereocenters. The van der Waals surface area contributed by atoms with Crippen LogP contribution in [0.1, 0.15) is 116 Å². The highest BCUT2D eigenvalue weighted by Gasteiger charge is 1.94. The van der Waals surface area contributed by atoms with Crippen molar-refractivity contribution >= 4 is 0 Å². The second-order valence-electron chi connectivity index (χ2n) is 6.48. The van der Waals surface area contributed by atoms with Gasteiger partial charge in [0, 0.05) is 6.42 Å². The molecule has 0 aromatic carbocycles. The molecule has 0 saturated carbocycles. The van der Waals surface area contributed by atoms with Crippen molar-refractivity contribution in [3.63, 3.8) is 0 Å². The van der Waals surface area contributed by atoms with E-state index in [4.69, 9.17) is 6.42 Å². The molecule has 0 aromatic heterocycles. The van der Waals surface area contributed by atoms with Gasteiger partial charge in [0.1, 0.15) is 0 Å². The number of unbranched alkanes of at least 4 members (excludes halogenated alkanes) is 16. The third-order valence-corrected chi connectivity index (χ3v) is 4.31. The van der Waals surface area contributed by atoms with Crippen LogP contribution in [0.4, 0.5) is 0 Å². The molecule has 0 unspecified atom stereocenters. The van der Waals surface area contributed by atoms with Gasteiger partial charge in [0.05, 0.1) is 0 Å². The van der Waals surface area contributed by atoms with Gasteiger partial charge in [0.25, 0.3) is 0 Å².